The number of aryl methyl sites for hydroxylation is 3. The smallest absolute Gasteiger partial charge is 0.339 e. The predicted molar refractivity (Wildman–Crippen MR) is 81.7 cm³/mol. The van der Waals surface area contributed by atoms with Crippen LogP contribution >= 0.6 is 0 Å². The van der Waals surface area contributed by atoms with E-state index in [0.717, 1.165) is 22.5 Å². The third-order valence-corrected chi connectivity index (χ3v) is 3.27. The quantitative estimate of drug-likeness (QED) is 0.851. The highest BCUT2D eigenvalue weighted by molar-refractivity contribution is 5.96. The molecule has 0 saturated heterocycles. The van der Waals surface area contributed by atoms with Crippen LogP contribution in [0.1, 0.15) is 27.0 Å². The molecule has 0 atom stereocenters. The third kappa shape index (κ3) is 2.82. The highest BCUT2D eigenvalue weighted by Gasteiger charge is 2.12. The van der Waals surface area contributed by atoms with Gasteiger partial charge in [0.25, 0.3) is 0 Å². The Morgan fingerprint density at radius 2 is 1.65 bits per heavy atom. The second-order valence-corrected chi connectivity index (χ2v) is 4.94. The normalized spacial score (nSPS) is 10.2. The van der Waals surface area contributed by atoms with Crippen molar-refractivity contribution in [3.63, 3.8) is 0 Å². The zero-order chi connectivity index (χ0) is 14.7. The standard InChI is InChI=1S/C17H19NO2/c1-11-9-12(2)16(13(3)10-11)18-15-8-6-5-7-14(15)17(19)20-4/h5-10,18H,1-4H3. The average molecular weight is 269 g/mol. The van der Waals surface area contributed by atoms with Gasteiger partial charge in [0.2, 0.25) is 0 Å². The Bertz CT molecular complexity index is 624. The summed E-state index contributed by atoms with van der Waals surface area (Å²) in [5, 5.41) is 3.35. The Labute approximate surface area is 119 Å². The molecule has 2 rings (SSSR count). The van der Waals surface area contributed by atoms with Gasteiger partial charge in [-0.2, -0.15) is 0 Å². The van der Waals surface area contributed by atoms with E-state index in [2.05, 4.69) is 38.2 Å². The first kappa shape index (κ1) is 14.1. The maximum atomic E-state index is 11.8. The van der Waals surface area contributed by atoms with Crippen molar-refractivity contribution in [2.75, 3.05) is 12.4 Å². The van der Waals surface area contributed by atoms with Crippen LogP contribution in [0.4, 0.5) is 11.4 Å². The molecule has 0 heterocycles. The molecular formula is C17H19NO2. The lowest BCUT2D eigenvalue weighted by molar-refractivity contribution is 0.0602. The van der Waals surface area contributed by atoms with E-state index in [0.29, 0.717) is 5.56 Å². The SMILES string of the molecule is COC(=O)c1ccccc1Nc1c(C)cc(C)cc1C. The molecule has 0 fully saturated rings. The average Bonchev–Trinajstić information content (AvgIpc) is 2.42. The Hall–Kier alpha value is -2.29. The van der Waals surface area contributed by atoms with E-state index >= 15 is 0 Å². The molecule has 3 nitrogen and oxygen atoms in total. The molecule has 0 spiro atoms. The van der Waals surface area contributed by atoms with E-state index in [-0.39, 0.29) is 5.97 Å². The molecule has 0 radical (unpaired) electrons. The van der Waals surface area contributed by atoms with E-state index in [9.17, 15) is 4.79 Å². The van der Waals surface area contributed by atoms with E-state index in [1.807, 2.05) is 18.2 Å². The lowest BCUT2D eigenvalue weighted by Gasteiger charge is -2.16. The predicted octanol–water partition coefficient (Wildman–Crippen LogP) is 4.14. The summed E-state index contributed by atoms with van der Waals surface area (Å²) in [5.41, 5.74) is 5.87. The van der Waals surface area contributed by atoms with Gasteiger partial charge in [0.05, 0.1) is 18.4 Å². The van der Waals surface area contributed by atoms with Crippen molar-refractivity contribution in [1.29, 1.82) is 0 Å². The van der Waals surface area contributed by atoms with Crippen molar-refractivity contribution in [3.05, 3.63) is 58.7 Å². The number of methoxy groups -OCH3 is 1. The topological polar surface area (TPSA) is 38.3 Å². The Balaban J connectivity index is 2.43. The largest absolute Gasteiger partial charge is 0.465 e. The number of carbonyl (C=O) groups excluding carboxylic acids is 1. The van der Waals surface area contributed by atoms with Crippen molar-refractivity contribution >= 4 is 17.3 Å². The molecule has 2 aromatic carbocycles. The van der Waals surface area contributed by atoms with Crippen molar-refractivity contribution in [2.45, 2.75) is 20.8 Å². The number of benzene rings is 2. The minimum absolute atomic E-state index is 0.337. The van der Waals surface area contributed by atoms with Crippen molar-refractivity contribution in [3.8, 4) is 0 Å². The molecule has 2 aromatic rings. The van der Waals surface area contributed by atoms with Gasteiger partial charge in [0.15, 0.2) is 0 Å². The Morgan fingerprint density at radius 1 is 1.05 bits per heavy atom. The number of hydrogen-bond donors (Lipinski definition) is 1. The monoisotopic (exact) mass is 269 g/mol. The van der Waals surface area contributed by atoms with Crippen LogP contribution in [-0.2, 0) is 4.74 Å². The zero-order valence-corrected chi connectivity index (χ0v) is 12.3. The fraction of sp³-hybridized carbons (Fsp3) is 0.235. The number of para-hydroxylation sites is 1. The molecule has 20 heavy (non-hydrogen) atoms. The summed E-state index contributed by atoms with van der Waals surface area (Å²) in [7, 11) is 1.39. The molecule has 3 heteroatoms. The van der Waals surface area contributed by atoms with Crippen LogP contribution in [0.2, 0.25) is 0 Å². The van der Waals surface area contributed by atoms with Crippen LogP contribution < -0.4 is 5.32 Å². The van der Waals surface area contributed by atoms with Crippen molar-refractivity contribution in [2.24, 2.45) is 0 Å². The minimum atomic E-state index is -0.337. The number of rotatable bonds is 3. The summed E-state index contributed by atoms with van der Waals surface area (Å²) in [6, 6.07) is 11.6. The molecule has 0 unspecified atom stereocenters. The van der Waals surface area contributed by atoms with E-state index < -0.39 is 0 Å². The van der Waals surface area contributed by atoms with Crippen LogP contribution in [0.5, 0.6) is 0 Å². The second-order valence-electron chi connectivity index (χ2n) is 4.94. The highest BCUT2D eigenvalue weighted by atomic mass is 16.5. The second kappa shape index (κ2) is 5.78. The van der Waals surface area contributed by atoms with Gasteiger partial charge in [-0.3, -0.25) is 0 Å². The third-order valence-electron chi connectivity index (χ3n) is 3.27. The summed E-state index contributed by atoms with van der Waals surface area (Å²) < 4.78 is 4.82. The zero-order valence-electron chi connectivity index (χ0n) is 12.3. The first-order valence-electron chi connectivity index (χ1n) is 6.55. The van der Waals surface area contributed by atoms with Gasteiger partial charge in [0, 0.05) is 5.69 Å². The first-order valence-corrected chi connectivity index (χ1v) is 6.55. The minimum Gasteiger partial charge on any atom is -0.465 e. The summed E-state index contributed by atoms with van der Waals surface area (Å²) in [4.78, 5) is 11.8. The van der Waals surface area contributed by atoms with E-state index in [1.54, 1.807) is 6.07 Å². The first-order chi connectivity index (χ1) is 9.52. The summed E-state index contributed by atoms with van der Waals surface area (Å²) in [6.07, 6.45) is 0. The molecule has 104 valence electrons. The molecular weight excluding hydrogens is 250 g/mol. The Morgan fingerprint density at radius 3 is 2.25 bits per heavy atom. The molecule has 0 aromatic heterocycles. The van der Waals surface area contributed by atoms with Gasteiger partial charge in [-0.05, 0) is 44.0 Å². The van der Waals surface area contributed by atoms with Crippen LogP contribution in [0.25, 0.3) is 0 Å². The van der Waals surface area contributed by atoms with E-state index in [4.69, 9.17) is 4.74 Å². The molecule has 1 N–H and O–H groups in total. The lowest BCUT2D eigenvalue weighted by Crippen LogP contribution is -2.06. The number of anilines is 2. The van der Waals surface area contributed by atoms with Crippen LogP contribution in [0, 0.1) is 20.8 Å². The van der Waals surface area contributed by atoms with Crippen molar-refractivity contribution < 1.29 is 9.53 Å². The lowest BCUT2D eigenvalue weighted by atomic mass is 10.0. The van der Waals surface area contributed by atoms with Gasteiger partial charge >= 0.3 is 5.97 Å². The number of ether oxygens (including phenoxy) is 1. The molecule has 0 aliphatic heterocycles. The molecule has 0 aliphatic rings. The van der Waals surface area contributed by atoms with E-state index in [1.165, 1.54) is 12.7 Å². The van der Waals surface area contributed by atoms with Gasteiger partial charge in [-0.1, -0.05) is 29.8 Å². The fourth-order valence-corrected chi connectivity index (χ4v) is 2.39. The number of hydrogen-bond acceptors (Lipinski definition) is 3. The highest BCUT2D eigenvalue weighted by Crippen LogP contribution is 2.28. The van der Waals surface area contributed by atoms with Crippen LogP contribution in [0.3, 0.4) is 0 Å². The summed E-state index contributed by atoms with van der Waals surface area (Å²) in [5.74, 6) is -0.337. The summed E-state index contributed by atoms with van der Waals surface area (Å²) >= 11 is 0. The number of nitrogens with one attached hydrogen (secondary N) is 1. The van der Waals surface area contributed by atoms with Gasteiger partial charge < -0.3 is 10.1 Å². The number of esters is 1. The van der Waals surface area contributed by atoms with Gasteiger partial charge in [-0.25, -0.2) is 4.79 Å². The van der Waals surface area contributed by atoms with Crippen LogP contribution in [0.15, 0.2) is 36.4 Å². The van der Waals surface area contributed by atoms with Crippen molar-refractivity contribution in [1.82, 2.24) is 0 Å². The van der Waals surface area contributed by atoms with Gasteiger partial charge in [-0.15, -0.1) is 0 Å². The maximum Gasteiger partial charge on any atom is 0.339 e. The van der Waals surface area contributed by atoms with Gasteiger partial charge in [0.1, 0.15) is 0 Å². The van der Waals surface area contributed by atoms with Crippen LogP contribution in [-0.4, -0.2) is 13.1 Å². The molecule has 0 saturated carbocycles. The molecule has 0 aliphatic carbocycles. The number of carbonyl (C=O) groups is 1. The molecule has 0 amide bonds. The maximum absolute atomic E-state index is 11.8. The fourth-order valence-electron chi connectivity index (χ4n) is 2.39. The molecule has 0 bridgehead atoms. The summed E-state index contributed by atoms with van der Waals surface area (Å²) in [6.45, 7) is 6.19. The Kier molecular flexibility index (Phi) is 4.08.